The zero-order valence-corrected chi connectivity index (χ0v) is 15.3. The lowest BCUT2D eigenvalue weighted by molar-refractivity contribution is 0.415. The van der Waals surface area contributed by atoms with E-state index in [1.165, 1.54) is 19.2 Å². The number of halogens is 1. The number of sulfone groups is 1. The molecular formula is C15H16ClN5O3S. The monoisotopic (exact) mass is 381 g/mol. The average molecular weight is 382 g/mol. The molecule has 0 bridgehead atoms. The molecule has 8 nitrogen and oxygen atoms in total. The zero-order chi connectivity index (χ0) is 18.2. The third-order valence-electron chi connectivity index (χ3n) is 3.57. The van der Waals surface area contributed by atoms with Gasteiger partial charge in [0.05, 0.1) is 28.1 Å². The molecule has 0 radical (unpaired) electrons. The summed E-state index contributed by atoms with van der Waals surface area (Å²) in [5.74, 6) is 1.23. The van der Waals surface area contributed by atoms with Crippen molar-refractivity contribution < 1.29 is 13.2 Å². The lowest BCUT2D eigenvalue weighted by Gasteiger charge is -2.12. The lowest BCUT2D eigenvalue weighted by atomic mass is 10.3. The maximum Gasteiger partial charge on any atom is 0.231 e. The molecule has 10 heteroatoms. The normalized spacial score (nSPS) is 11.5. The predicted molar refractivity (Wildman–Crippen MR) is 97.8 cm³/mol. The number of aromatic nitrogens is 3. The van der Waals surface area contributed by atoms with E-state index in [1.54, 1.807) is 19.3 Å². The van der Waals surface area contributed by atoms with Gasteiger partial charge in [-0.2, -0.15) is 9.97 Å². The Morgan fingerprint density at radius 3 is 2.68 bits per heavy atom. The second kappa shape index (κ2) is 6.41. The summed E-state index contributed by atoms with van der Waals surface area (Å²) in [4.78, 5) is 11.9. The first-order chi connectivity index (χ1) is 11.8. The van der Waals surface area contributed by atoms with E-state index in [2.05, 4.69) is 25.6 Å². The minimum absolute atomic E-state index is 0.165. The van der Waals surface area contributed by atoms with Gasteiger partial charge in [-0.05, 0) is 12.1 Å². The highest BCUT2D eigenvalue weighted by Gasteiger charge is 2.15. The predicted octanol–water partition coefficient (Wildman–Crippen LogP) is 2.81. The molecule has 3 aromatic rings. The van der Waals surface area contributed by atoms with Crippen LogP contribution in [0.3, 0.4) is 0 Å². The number of anilines is 3. The van der Waals surface area contributed by atoms with Crippen LogP contribution in [0, 0.1) is 0 Å². The summed E-state index contributed by atoms with van der Waals surface area (Å²) in [7, 11) is -0.139. The molecule has 0 aliphatic heterocycles. The molecule has 3 N–H and O–H groups in total. The molecule has 0 atom stereocenters. The van der Waals surface area contributed by atoms with E-state index in [0.717, 1.165) is 6.26 Å². The van der Waals surface area contributed by atoms with E-state index < -0.39 is 9.84 Å². The maximum atomic E-state index is 11.7. The molecule has 2 heterocycles. The van der Waals surface area contributed by atoms with Crippen LogP contribution >= 0.6 is 11.6 Å². The molecule has 0 fully saturated rings. The van der Waals surface area contributed by atoms with Crippen molar-refractivity contribution in [2.75, 3.05) is 31.0 Å². The van der Waals surface area contributed by atoms with Crippen LogP contribution in [-0.4, -0.2) is 43.8 Å². The number of hydrogen-bond acceptors (Lipinski definition) is 7. The number of fused-ring (bicyclic) bond motifs is 1. The summed E-state index contributed by atoms with van der Waals surface area (Å²) in [5, 5.41) is 7.21. The van der Waals surface area contributed by atoms with Crippen molar-refractivity contribution >= 4 is 49.9 Å². The lowest BCUT2D eigenvalue weighted by Crippen LogP contribution is -2.04. The second-order valence-corrected chi connectivity index (χ2v) is 7.69. The van der Waals surface area contributed by atoms with Gasteiger partial charge in [0, 0.05) is 25.6 Å². The van der Waals surface area contributed by atoms with E-state index in [0.29, 0.717) is 39.3 Å². The van der Waals surface area contributed by atoms with E-state index in [4.69, 9.17) is 16.3 Å². The molecule has 0 saturated heterocycles. The van der Waals surface area contributed by atoms with Crippen LogP contribution in [0.5, 0.6) is 5.75 Å². The minimum atomic E-state index is -3.33. The molecule has 3 rings (SSSR count). The maximum absolute atomic E-state index is 11.7. The Labute approximate surface area is 149 Å². The van der Waals surface area contributed by atoms with Crippen molar-refractivity contribution in [3.63, 3.8) is 0 Å². The van der Waals surface area contributed by atoms with Crippen molar-refractivity contribution in [3.05, 3.63) is 29.4 Å². The highest BCUT2D eigenvalue weighted by atomic mass is 35.5. The molecule has 0 amide bonds. The number of nitrogens with zero attached hydrogens (tertiary/aromatic N) is 2. The van der Waals surface area contributed by atoms with Crippen LogP contribution < -0.4 is 15.4 Å². The van der Waals surface area contributed by atoms with E-state index >= 15 is 0 Å². The van der Waals surface area contributed by atoms with Crippen LogP contribution in [0.15, 0.2) is 29.3 Å². The third-order valence-corrected chi connectivity index (χ3v) is 4.98. The van der Waals surface area contributed by atoms with Crippen molar-refractivity contribution in [1.82, 2.24) is 15.0 Å². The largest absolute Gasteiger partial charge is 0.495 e. The van der Waals surface area contributed by atoms with Gasteiger partial charge in [-0.15, -0.1) is 0 Å². The van der Waals surface area contributed by atoms with Crippen molar-refractivity contribution in [1.29, 1.82) is 0 Å². The van der Waals surface area contributed by atoms with Gasteiger partial charge >= 0.3 is 0 Å². The molecule has 1 aromatic carbocycles. The standard InChI is InChI=1S/C15H16ClN5O3S/c1-17-13-12-9(16)7-18-14(12)21-15(20-13)19-10-5-4-8(25(3,22)23)6-11(10)24-2/h4-7H,1-3H3,(H3,17,18,19,20,21). The summed E-state index contributed by atoms with van der Waals surface area (Å²) in [6.07, 6.45) is 2.77. The highest BCUT2D eigenvalue weighted by molar-refractivity contribution is 7.90. The number of methoxy groups -OCH3 is 1. The summed E-state index contributed by atoms with van der Waals surface area (Å²) in [5.41, 5.74) is 1.10. The van der Waals surface area contributed by atoms with E-state index in [9.17, 15) is 8.42 Å². The Kier molecular flexibility index (Phi) is 4.44. The number of nitrogens with one attached hydrogen (secondary N) is 3. The van der Waals surface area contributed by atoms with Crippen LogP contribution in [0.25, 0.3) is 11.0 Å². The first kappa shape index (κ1) is 17.3. The van der Waals surface area contributed by atoms with E-state index in [-0.39, 0.29) is 4.90 Å². The Hall–Kier alpha value is -2.52. The van der Waals surface area contributed by atoms with Crippen LogP contribution in [0.2, 0.25) is 5.02 Å². The Bertz CT molecular complexity index is 1050. The third kappa shape index (κ3) is 3.33. The molecule has 2 aromatic heterocycles. The first-order valence-electron chi connectivity index (χ1n) is 7.21. The van der Waals surface area contributed by atoms with Gasteiger partial charge in [0.1, 0.15) is 17.2 Å². The molecule has 0 spiro atoms. The fourth-order valence-corrected chi connectivity index (χ4v) is 3.23. The van der Waals surface area contributed by atoms with Gasteiger partial charge in [-0.1, -0.05) is 11.6 Å². The molecular weight excluding hydrogens is 366 g/mol. The average Bonchev–Trinajstić information content (AvgIpc) is 2.94. The quantitative estimate of drug-likeness (QED) is 0.623. The van der Waals surface area contributed by atoms with E-state index in [1.807, 2.05) is 0 Å². The van der Waals surface area contributed by atoms with Gasteiger partial charge in [0.15, 0.2) is 9.84 Å². The van der Waals surface area contributed by atoms with Gasteiger partial charge in [-0.25, -0.2) is 8.42 Å². The fraction of sp³-hybridized carbons (Fsp3) is 0.200. The Morgan fingerprint density at radius 1 is 1.28 bits per heavy atom. The zero-order valence-electron chi connectivity index (χ0n) is 13.7. The summed E-state index contributed by atoms with van der Waals surface area (Å²) >= 11 is 6.13. The number of benzene rings is 1. The fourth-order valence-electron chi connectivity index (χ4n) is 2.36. The van der Waals surface area contributed by atoms with Gasteiger partial charge in [0.25, 0.3) is 0 Å². The van der Waals surface area contributed by atoms with Crippen molar-refractivity contribution in [2.24, 2.45) is 0 Å². The highest BCUT2D eigenvalue weighted by Crippen LogP contribution is 2.32. The molecule has 0 aliphatic rings. The Balaban J connectivity index is 2.04. The number of rotatable bonds is 5. The van der Waals surface area contributed by atoms with Crippen LogP contribution in [0.4, 0.5) is 17.5 Å². The first-order valence-corrected chi connectivity index (χ1v) is 9.48. The number of H-pyrrole nitrogens is 1. The summed E-state index contributed by atoms with van der Waals surface area (Å²) < 4.78 is 28.6. The van der Waals surface area contributed by atoms with Crippen molar-refractivity contribution in [2.45, 2.75) is 4.90 Å². The second-order valence-electron chi connectivity index (χ2n) is 5.27. The molecule has 0 aliphatic carbocycles. The summed E-state index contributed by atoms with van der Waals surface area (Å²) in [6, 6.07) is 4.54. The van der Waals surface area contributed by atoms with Gasteiger partial charge < -0.3 is 20.4 Å². The number of hydrogen-bond donors (Lipinski definition) is 3. The van der Waals surface area contributed by atoms with Gasteiger partial charge in [0.2, 0.25) is 5.95 Å². The Morgan fingerprint density at radius 2 is 2.04 bits per heavy atom. The SMILES string of the molecule is CNc1nc(Nc2ccc(S(C)(=O)=O)cc2OC)nc2[nH]cc(Cl)c12. The minimum Gasteiger partial charge on any atom is -0.495 e. The molecule has 132 valence electrons. The van der Waals surface area contributed by atoms with Gasteiger partial charge in [-0.3, -0.25) is 0 Å². The van der Waals surface area contributed by atoms with Crippen LogP contribution in [-0.2, 0) is 9.84 Å². The molecule has 0 saturated carbocycles. The molecule has 25 heavy (non-hydrogen) atoms. The molecule has 0 unspecified atom stereocenters. The number of ether oxygens (including phenoxy) is 1. The smallest absolute Gasteiger partial charge is 0.231 e. The number of aromatic amines is 1. The topological polar surface area (TPSA) is 109 Å². The summed E-state index contributed by atoms with van der Waals surface area (Å²) in [6.45, 7) is 0. The van der Waals surface area contributed by atoms with Crippen molar-refractivity contribution in [3.8, 4) is 5.75 Å². The van der Waals surface area contributed by atoms with Crippen LogP contribution in [0.1, 0.15) is 0 Å².